The number of hydrogen-bond donors (Lipinski definition) is 1. The standard InChI is InChI=1S/C10H19NO2.ClH/c1-3-13-9(12)8(11)7-10(2)5-4-6-10;/h8H,3-7,11H2,1-2H3;1H. The molecule has 1 aliphatic rings. The van der Waals surface area contributed by atoms with Crippen LogP contribution in [-0.4, -0.2) is 18.6 Å². The highest BCUT2D eigenvalue weighted by Gasteiger charge is 2.35. The molecule has 1 rings (SSSR count). The van der Waals surface area contributed by atoms with Crippen LogP contribution in [0.15, 0.2) is 0 Å². The quantitative estimate of drug-likeness (QED) is 0.738. The first kappa shape index (κ1) is 13.7. The molecule has 0 spiro atoms. The zero-order valence-corrected chi connectivity index (χ0v) is 9.73. The fourth-order valence-electron chi connectivity index (χ4n) is 1.85. The molecule has 1 fully saturated rings. The molecule has 14 heavy (non-hydrogen) atoms. The first-order chi connectivity index (χ1) is 6.07. The molecule has 1 unspecified atom stereocenters. The predicted molar refractivity (Wildman–Crippen MR) is 58.4 cm³/mol. The summed E-state index contributed by atoms with van der Waals surface area (Å²) in [5.41, 5.74) is 6.02. The Balaban J connectivity index is 0.00000169. The molecule has 4 heteroatoms. The van der Waals surface area contributed by atoms with Gasteiger partial charge in [-0.25, -0.2) is 0 Å². The van der Waals surface area contributed by atoms with Crippen molar-refractivity contribution in [1.82, 2.24) is 0 Å². The van der Waals surface area contributed by atoms with E-state index in [1.165, 1.54) is 19.3 Å². The van der Waals surface area contributed by atoms with E-state index in [-0.39, 0.29) is 18.4 Å². The van der Waals surface area contributed by atoms with E-state index in [4.69, 9.17) is 10.5 Å². The summed E-state index contributed by atoms with van der Waals surface area (Å²) in [6.07, 6.45) is 4.43. The topological polar surface area (TPSA) is 52.3 Å². The molecule has 2 N–H and O–H groups in total. The smallest absolute Gasteiger partial charge is 0.322 e. The maximum absolute atomic E-state index is 11.2. The maximum atomic E-state index is 11.2. The molecule has 0 saturated heterocycles. The number of carbonyl (C=O) groups excluding carboxylic acids is 1. The van der Waals surface area contributed by atoms with Crippen LogP contribution in [0.3, 0.4) is 0 Å². The third-order valence-electron chi connectivity index (χ3n) is 2.86. The van der Waals surface area contributed by atoms with Crippen LogP contribution < -0.4 is 5.73 Å². The van der Waals surface area contributed by atoms with Crippen molar-refractivity contribution in [3.63, 3.8) is 0 Å². The molecule has 0 heterocycles. The van der Waals surface area contributed by atoms with Crippen molar-refractivity contribution < 1.29 is 9.53 Å². The predicted octanol–water partition coefficient (Wildman–Crippen LogP) is 1.88. The lowest BCUT2D eigenvalue weighted by Crippen LogP contribution is -2.40. The minimum atomic E-state index is -0.426. The Kier molecular flexibility index (Phi) is 5.45. The van der Waals surface area contributed by atoms with Crippen molar-refractivity contribution in [2.75, 3.05) is 6.61 Å². The highest BCUT2D eigenvalue weighted by atomic mass is 35.5. The van der Waals surface area contributed by atoms with Crippen LogP contribution >= 0.6 is 12.4 Å². The highest BCUT2D eigenvalue weighted by Crippen LogP contribution is 2.43. The average molecular weight is 222 g/mol. The highest BCUT2D eigenvalue weighted by molar-refractivity contribution is 5.85. The van der Waals surface area contributed by atoms with Gasteiger partial charge in [-0.05, 0) is 31.6 Å². The number of hydrogen-bond acceptors (Lipinski definition) is 3. The summed E-state index contributed by atoms with van der Waals surface area (Å²) in [4.78, 5) is 11.2. The SMILES string of the molecule is CCOC(=O)C(N)CC1(C)CCC1.Cl. The van der Waals surface area contributed by atoms with E-state index in [0.29, 0.717) is 12.0 Å². The van der Waals surface area contributed by atoms with Gasteiger partial charge in [0.1, 0.15) is 6.04 Å². The fraction of sp³-hybridized carbons (Fsp3) is 0.900. The molecular weight excluding hydrogens is 202 g/mol. The molecule has 0 amide bonds. The maximum Gasteiger partial charge on any atom is 0.322 e. The second kappa shape index (κ2) is 5.56. The van der Waals surface area contributed by atoms with Crippen LogP contribution in [0.5, 0.6) is 0 Å². The van der Waals surface area contributed by atoms with Crippen LogP contribution in [0.4, 0.5) is 0 Å². The van der Waals surface area contributed by atoms with Gasteiger partial charge in [-0.2, -0.15) is 0 Å². The fourth-order valence-corrected chi connectivity index (χ4v) is 1.85. The van der Waals surface area contributed by atoms with E-state index in [2.05, 4.69) is 6.92 Å². The van der Waals surface area contributed by atoms with Crippen molar-refractivity contribution in [3.8, 4) is 0 Å². The Morgan fingerprint density at radius 2 is 2.14 bits per heavy atom. The summed E-state index contributed by atoms with van der Waals surface area (Å²) in [6, 6.07) is -0.426. The van der Waals surface area contributed by atoms with Gasteiger partial charge >= 0.3 is 5.97 Å². The molecule has 1 saturated carbocycles. The molecule has 1 aliphatic carbocycles. The van der Waals surface area contributed by atoms with Crippen molar-refractivity contribution in [1.29, 1.82) is 0 Å². The Morgan fingerprint density at radius 3 is 2.50 bits per heavy atom. The van der Waals surface area contributed by atoms with Gasteiger partial charge in [0.2, 0.25) is 0 Å². The van der Waals surface area contributed by atoms with Crippen molar-refractivity contribution in [2.24, 2.45) is 11.1 Å². The number of rotatable bonds is 4. The molecule has 0 aromatic rings. The van der Waals surface area contributed by atoms with Gasteiger partial charge in [-0.15, -0.1) is 12.4 Å². The number of nitrogens with two attached hydrogens (primary N) is 1. The second-order valence-corrected chi connectivity index (χ2v) is 4.23. The van der Waals surface area contributed by atoms with E-state index in [9.17, 15) is 4.79 Å². The van der Waals surface area contributed by atoms with Crippen LogP contribution in [0, 0.1) is 5.41 Å². The third kappa shape index (κ3) is 3.46. The van der Waals surface area contributed by atoms with E-state index < -0.39 is 6.04 Å². The largest absolute Gasteiger partial charge is 0.465 e. The van der Waals surface area contributed by atoms with Gasteiger partial charge in [0, 0.05) is 0 Å². The summed E-state index contributed by atoms with van der Waals surface area (Å²) in [5.74, 6) is -0.254. The van der Waals surface area contributed by atoms with Gasteiger partial charge in [0.05, 0.1) is 6.61 Å². The van der Waals surface area contributed by atoms with Crippen molar-refractivity contribution >= 4 is 18.4 Å². The number of carbonyl (C=O) groups is 1. The summed E-state index contributed by atoms with van der Waals surface area (Å²) in [5, 5.41) is 0. The van der Waals surface area contributed by atoms with Crippen LogP contribution in [0.1, 0.15) is 39.5 Å². The zero-order chi connectivity index (χ0) is 9.90. The Labute approximate surface area is 91.8 Å². The lowest BCUT2D eigenvalue weighted by Gasteiger charge is -2.39. The molecule has 3 nitrogen and oxygen atoms in total. The minimum Gasteiger partial charge on any atom is -0.465 e. The van der Waals surface area contributed by atoms with Gasteiger partial charge in [0.15, 0.2) is 0 Å². The first-order valence-electron chi connectivity index (χ1n) is 4.99. The van der Waals surface area contributed by atoms with E-state index in [1.54, 1.807) is 6.92 Å². The number of halogens is 1. The van der Waals surface area contributed by atoms with Gasteiger partial charge in [-0.3, -0.25) is 4.79 Å². The molecule has 0 aromatic carbocycles. The normalized spacial score (nSPS) is 20.2. The van der Waals surface area contributed by atoms with Crippen LogP contribution in [-0.2, 0) is 9.53 Å². The summed E-state index contributed by atoms with van der Waals surface area (Å²) in [7, 11) is 0. The Hall–Kier alpha value is -0.280. The lowest BCUT2D eigenvalue weighted by molar-refractivity contribution is -0.145. The van der Waals surface area contributed by atoms with Gasteiger partial charge < -0.3 is 10.5 Å². The monoisotopic (exact) mass is 221 g/mol. The molecule has 1 atom stereocenters. The molecule has 0 radical (unpaired) electrons. The molecule has 84 valence electrons. The Bertz CT molecular complexity index is 193. The summed E-state index contributed by atoms with van der Waals surface area (Å²) < 4.78 is 4.85. The third-order valence-corrected chi connectivity index (χ3v) is 2.86. The van der Waals surface area contributed by atoms with Crippen molar-refractivity contribution in [3.05, 3.63) is 0 Å². The molecule has 0 aromatic heterocycles. The number of esters is 1. The summed E-state index contributed by atoms with van der Waals surface area (Å²) >= 11 is 0. The van der Waals surface area contributed by atoms with Crippen LogP contribution in [0.25, 0.3) is 0 Å². The molecule has 0 bridgehead atoms. The van der Waals surface area contributed by atoms with E-state index in [1.807, 2.05) is 0 Å². The molecular formula is C10H20ClNO2. The Morgan fingerprint density at radius 1 is 1.57 bits per heavy atom. The first-order valence-corrected chi connectivity index (χ1v) is 4.99. The summed E-state index contributed by atoms with van der Waals surface area (Å²) in [6.45, 7) is 4.41. The van der Waals surface area contributed by atoms with Crippen molar-refractivity contribution in [2.45, 2.75) is 45.6 Å². The zero-order valence-electron chi connectivity index (χ0n) is 8.91. The van der Waals surface area contributed by atoms with Crippen LogP contribution in [0.2, 0.25) is 0 Å². The number of ether oxygens (including phenoxy) is 1. The van der Waals surface area contributed by atoms with E-state index in [0.717, 1.165) is 6.42 Å². The second-order valence-electron chi connectivity index (χ2n) is 4.23. The van der Waals surface area contributed by atoms with Gasteiger partial charge in [-0.1, -0.05) is 13.3 Å². The minimum absolute atomic E-state index is 0. The lowest BCUT2D eigenvalue weighted by atomic mass is 9.67. The van der Waals surface area contributed by atoms with E-state index >= 15 is 0 Å². The molecule has 0 aliphatic heterocycles. The van der Waals surface area contributed by atoms with Gasteiger partial charge in [0.25, 0.3) is 0 Å². The average Bonchev–Trinajstić information content (AvgIpc) is 2.02.